The number of nitrogens with one attached hydrogen (secondary N) is 1. The van der Waals surface area contributed by atoms with Crippen LogP contribution < -0.4 is 10.2 Å². The summed E-state index contributed by atoms with van der Waals surface area (Å²) >= 11 is 0. The van der Waals surface area contributed by atoms with Crippen molar-refractivity contribution in [3.05, 3.63) is 59.2 Å². The molecule has 1 fully saturated rings. The van der Waals surface area contributed by atoms with Crippen LogP contribution in [0.15, 0.2) is 36.5 Å². The van der Waals surface area contributed by atoms with Gasteiger partial charge in [0.2, 0.25) is 0 Å². The maximum Gasteiger partial charge on any atom is 0.255 e. The molecule has 1 saturated heterocycles. The normalized spacial score (nSPS) is 18.7. The number of hydrogen-bond acceptors (Lipinski definition) is 7. The third kappa shape index (κ3) is 4.00. The molecule has 0 aliphatic carbocycles. The molecule has 34 heavy (non-hydrogen) atoms. The van der Waals surface area contributed by atoms with Crippen molar-refractivity contribution in [2.75, 3.05) is 25.1 Å². The first-order valence-corrected chi connectivity index (χ1v) is 11.0. The summed E-state index contributed by atoms with van der Waals surface area (Å²) in [5.74, 6) is -0.258. The maximum atomic E-state index is 14.7. The van der Waals surface area contributed by atoms with E-state index >= 15 is 0 Å². The molecule has 2 unspecified atom stereocenters. The minimum Gasteiger partial charge on any atom is -0.388 e. The number of carbonyl (C=O) groups excluding carboxylic acids is 1. The van der Waals surface area contributed by atoms with Crippen LogP contribution in [0.1, 0.15) is 35.5 Å². The molecule has 0 bridgehead atoms. The number of β-amino-alcohol motifs (C(OH)–C–C–N with tert-alkyl or cyclic N) is 1. The number of rotatable bonds is 4. The van der Waals surface area contributed by atoms with Crippen molar-refractivity contribution in [2.24, 2.45) is 0 Å². The fourth-order valence-corrected chi connectivity index (χ4v) is 4.19. The van der Waals surface area contributed by atoms with Gasteiger partial charge in [-0.15, -0.1) is 0 Å². The van der Waals surface area contributed by atoms with E-state index < -0.39 is 11.9 Å². The Hall–Kier alpha value is -3.81. The highest BCUT2D eigenvalue weighted by Crippen LogP contribution is 2.32. The molecular weight excluding hydrogens is 439 g/mol. The molecule has 2 aromatic heterocycles. The highest BCUT2D eigenvalue weighted by Gasteiger charge is 2.33. The van der Waals surface area contributed by atoms with E-state index in [4.69, 9.17) is 4.74 Å². The number of ether oxygens (including phenoxy) is 1. The number of aliphatic hydroxyl groups is 1. The van der Waals surface area contributed by atoms with E-state index in [1.54, 1.807) is 25.4 Å². The zero-order valence-corrected chi connectivity index (χ0v) is 19.1. The molecule has 9 nitrogen and oxygen atoms in total. The number of nitrogens with zero attached hydrogens (tertiary/aromatic N) is 5. The van der Waals surface area contributed by atoms with Gasteiger partial charge in [-0.05, 0) is 18.2 Å². The van der Waals surface area contributed by atoms with Crippen molar-refractivity contribution in [1.82, 2.24) is 20.1 Å². The van der Waals surface area contributed by atoms with Crippen molar-refractivity contribution >= 4 is 11.7 Å². The molecule has 4 heterocycles. The first-order chi connectivity index (χ1) is 16.5. The van der Waals surface area contributed by atoms with Crippen molar-refractivity contribution in [2.45, 2.75) is 32.6 Å². The van der Waals surface area contributed by atoms with Crippen LogP contribution in [0.3, 0.4) is 0 Å². The molecule has 0 saturated carbocycles. The Morgan fingerprint density at radius 3 is 2.76 bits per heavy atom. The lowest BCUT2D eigenvalue weighted by Crippen LogP contribution is -2.25. The molecule has 2 atom stereocenters. The first kappa shape index (κ1) is 23.4. The topological polar surface area (TPSA) is 116 Å². The van der Waals surface area contributed by atoms with Gasteiger partial charge in [-0.25, -0.2) is 14.1 Å². The van der Waals surface area contributed by atoms with Crippen LogP contribution in [0.2, 0.25) is 0 Å². The number of methoxy groups -OCH3 is 1. The van der Waals surface area contributed by atoms with Gasteiger partial charge in [0.25, 0.3) is 5.91 Å². The summed E-state index contributed by atoms with van der Waals surface area (Å²) < 4.78 is 21.5. The van der Waals surface area contributed by atoms with Crippen LogP contribution >= 0.6 is 0 Å². The SMILES string of the molecule is CC.COC1CN(c2ccn(-c3cc(-c4c(F)cccc4C#N)nc4c3C(=O)NC4)n2)CC1O. The first-order valence-electron chi connectivity index (χ1n) is 11.0. The lowest BCUT2D eigenvalue weighted by atomic mass is 10.0. The van der Waals surface area contributed by atoms with E-state index in [9.17, 15) is 19.6 Å². The van der Waals surface area contributed by atoms with Crippen LogP contribution in [0.4, 0.5) is 10.2 Å². The number of carbonyl (C=O) groups is 1. The Morgan fingerprint density at radius 1 is 1.26 bits per heavy atom. The van der Waals surface area contributed by atoms with Gasteiger partial charge in [0.05, 0.1) is 52.5 Å². The van der Waals surface area contributed by atoms with Gasteiger partial charge in [-0.1, -0.05) is 19.9 Å². The highest BCUT2D eigenvalue weighted by atomic mass is 19.1. The van der Waals surface area contributed by atoms with Crippen LogP contribution in [-0.4, -0.2) is 58.2 Å². The Labute approximate surface area is 196 Å². The molecule has 1 aromatic carbocycles. The average Bonchev–Trinajstić information content (AvgIpc) is 3.58. The van der Waals surface area contributed by atoms with E-state index in [1.165, 1.54) is 22.9 Å². The van der Waals surface area contributed by atoms with E-state index in [2.05, 4.69) is 15.4 Å². The number of hydrogen-bond donors (Lipinski definition) is 2. The monoisotopic (exact) mass is 464 g/mol. The van der Waals surface area contributed by atoms with Gasteiger partial charge in [-0.3, -0.25) is 4.79 Å². The van der Waals surface area contributed by atoms with Gasteiger partial charge in [0, 0.05) is 32.5 Å². The fraction of sp³-hybridized carbons (Fsp3) is 0.333. The minimum absolute atomic E-state index is 0.0800. The largest absolute Gasteiger partial charge is 0.388 e. The number of aromatic nitrogens is 3. The molecule has 0 radical (unpaired) electrons. The summed E-state index contributed by atoms with van der Waals surface area (Å²) in [5, 5.41) is 26.9. The summed E-state index contributed by atoms with van der Waals surface area (Å²) in [6.07, 6.45) is 0.755. The molecule has 0 spiro atoms. The van der Waals surface area contributed by atoms with Gasteiger partial charge in [-0.2, -0.15) is 10.4 Å². The summed E-state index contributed by atoms with van der Waals surface area (Å²) in [4.78, 5) is 18.9. The van der Waals surface area contributed by atoms with Gasteiger partial charge < -0.3 is 20.1 Å². The molecule has 2 N–H and O–H groups in total. The lowest BCUT2D eigenvalue weighted by Gasteiger charge is -2.15. The smallest absolute Gasteiger partial charge is 0.255 e. The van der Waals surface area contributed by atoms with Crippen LogP contribution in [0.25, 0.3) is 16.9 Å². The predicted octanol–water partition coefficient (Wildman–Crippen LogP) is 2.41. The molecule has 1 amide bonds. The summed E-state index contributed by atoms with van der Waals surface area (Å²) in [6, 6.07) is 9.59. The van der Waals surface area contributed by atoms with E-state index in [0.717, 1.165) is 0 Å². The molecule has 5 rings (SSSR count). The second kappa shape index (κ2) is 9.59. The van der Waals surface area contributed by atoms with Gasteiger partial charge >= 0.3 is 0 Å². The summed E-state index contributed by atoms with van der Waals surface area (Å²) in [5.41, 5.74) is 1.73. The Balaban J connectivity index is 0.00000133. The molecule has 2 aliphatic rings. The van der Waals surface area contributed by atoms with Crippen LogP contribution in [0.5, 0.6) is 0 Å². The zero-order valence-electron chi connectivity index (χ0n) is 19.1. The number of halogens is 1. The summed E-state index contributed by atoms with van der Waals surface area (Å²) in [6.45, 7) is 5.05. The molecule has 176 valence electrons. The number of aliphatic hydroxyl groups excluding tert-OH is 1. The number of benzene rings is 1. The van der Waals surface area contributed by atoms with Crippen molar-refractivity contribution in [3.63, 3.8) is 0 Å². The molecule has 10 heteroatoms. The Kier molecular flexibility index (Phi) is 6.58. The van der Waals surface area contributed by atoms with Crippen LogP contribution in [-0.2, 0) is 11.3 Å². The van der Waals surface area contributed by atoms with Crippen molar-refractivity contribution in [1.29, 1.82) is 5.26 Å². The second-order valence-corrected chi connectivity index (χ2v) is 7.67. The number of fused-ring (bicyclic) bond motifs is 1. The van der Waals surface area contributed by atoms with Gasteiger partial charge in [0.1, 0.15) is 11.9 Å². The minimum atomic E-state index is -0.627. The number of pyridine rings is 1. The third-order valence-electron chi connectivity index (χ3n) is 5.79. The Morgan fingerprint density at radius 2 is 2.06 bits per heavy atom. The van der Waals surface area contributed by atoms with E-state index in [0.29, 0.717) is 35.9 Å². The standard InChI is InChI=1S/C22H19FN6O3.C2H6/c1-32-18-11-28(10-17(18)30)19-5-6-29(27-19)16-7-14(26-15-9-25-22(31)21(15)16)20-12(8-24)3-2-4-13(20)23;1-2/h2-7,17-18,30H,9-11H2,1H3,(H,25,31);1-2H3. The zero-order chi connectivity index (χ0) is 24.4. The fourth-order valence-electron chi connectivity index (χ4n) is 4.19. The lowest BCUT2D eigenvalue weighted by molar-refractivity contribution is 0.0217. The van der Waals surface area contributed by atoms with Crippen LogP contribution in [0, 0.1) is 17.1 Å². The second-order valence-electron chi connectivity index (χ2n) is 7.67. The molecule has 3 aromatic rings. The van der Waals surface area contributed by atoms with Crippen molar-refractivity contribution < 1.29 is 19.0 Å². The van der Waals surface area contributed by atoms with E-state index in [1.807, 2.05) is 24.8 Å². The number of amides is 1. The molecular formula is C24H25FN6O3. The number of nitriles is 1. The third-order valence-corrected chi connectivity index (χ3v) is 5.79. The highest BCUT2D eigenvalue weighted by molar-refractivity contribution is 6.01. The quantitative estimate of drug-likeness (QED) is 0.609. The number of anilines is 1. The average molecular weight is 465 g/mol. The molecule has 2 aliphatic heterocycles. The maximum absolute atomic E-state index is 14.7. The van der Waals surface area contributed by atoms with Gasteiger partial charge in [0.15, 0.2) is 5.82 Å². The van der Waals surface area contributed by atoms with E-state index in [-0.39, 0.29) is 35.4 Å². The predicted molar refractivity (Wildman–Crippen MR) is 123 cm³/mol. The van der Waals surface area contributed by atoms with Crippen molar-refractivity contribution in [3.8, 4) is 23.0 Å². The summed E-state index contributed by atoms with van der Waals surface area (Å²) in [7, 11) is 1.55. The Bertz CT molecular complexity index is 1270.